The molecule has 2 nitrogen and oxygen atoms in total. The lowest BCUT2D eigenvalue weighted by molar-refractivity contribution is -0.128. The van der Waals surface area contributed by atoms with E-state index in [-0.39, 0.29) is 5.91 Å². The second kappa shape index (κ2) is 16.8. The van der Waals surface area contributed by atoms with Gasteiger partial charge in [0.15, 0.2) is 0 Å². The Balaban J connectivity index is -0.000000175. The third kappa shape index (κ3) is 16.2. The van der Waals surface area contributed by atoms with Crippen molar-refractivity contribution in [3.8, 4) is 0 Å². The predicted molar refractivity (Wildman–Crippen MR) is 56.3 cm³/mol. The molecule has 0 N–H and O–H groups in total. The molecule has 0 spiro atoms. The second-order valence-corrected chi connectivity index (χ2v) is 2.04. The van der Waals surface area contributed by atoms with Gasteiger partial charge in [0.1, 0.15) is 0 Å². The first-order valence-electron chi connectivity index (χ1n) is 4.88. The van der Waals surface area contributed by atoms with E-state index in [4.69, 9.17) is 0 Å². The van der Waals surface area contributed by atoms with Crippen LogP contribution in [0.1, 0.15) is 47.5 Å². The summed E-state index contributed by atoms with van der Waals surface area (Å²) in [5.74, 6) is 0.215. The van der Waals surface area contributed by atoms with Crippen molar-refractivity contribution in [2.24, 2.45) is 0 Å². The highest BCUT2D eigenvalue weighted by Crippen LogP contribution is 1.89. The molecule has 0 fully saturated rings. The summed E-state index contributed by atoms with van der Waals surface area (Å²) in [6, 6.07) is 0. The van der Waals surface area contributed by atoms with Gasteiger partial charge in [-0.25, -0.2) is 0 Å². The van der Waals surface area contributed by atoms with Crippen LogP contribution in [-0.2, 0) is 4.79 Å². The Labute approximate surface area is 78.0 Å². The molecule has 0 rings (SSSR count). The molecule has 0 saturated heterocycles. The topological polar surface area (TPSA) is 20.3 Å². The molecular formula is C10H25NO. The highest BCUT2D eigenvalue weighted by Gasteiger charge is 1.98. The van der Waals surface area contributed by atoms with Gasteiger partial charge in [0.25, 0.3) is 0 Å². The van der Waals surface area contributed by atoms with Crippen molar-refractivity contribution in [2.45, 2.75) is 47.5 Å². The van der Waals surface area contributed by atoms with Gasteiger partial charge in [-0.1, -0.05) is 34.6 Å². The van der Waals surface area contributed by atoms with Crippen LogP contribution in [0.15, 0.2) is 0 Å². The summed E-state index contributed by atoms with van der Waals surface area (Å²) in [5.41, 5.74) is 0. The monoisotopic (exact) mass is 175 g/mol. The lowest BCUT2D eigenvalue weighted by Crippen LogP contribution is -2.20. The Morgan fingerprint density at radius 1 is 1.08 bits per heavy atom. The number of hydrogen-bond donors (Lipinski definition) is 0. The molecule has 1 amide bonds. The summed E-state index contributed by atoms with van der Waals surface area (Å²) < 4.78 is 0. The average molecular weight is 175 g/mol. The fraction of sp³-hybridized carbons (Fsp3) is 0.900. The van der Waals surface area contributed by atoms with Crippen molar-refractivity contribution in [1.29, 1.82) is 0 Å². The van der Waals surface area contributed by atoms with Crippen molar-refractivity contribution < 1.29 is 4.79 Å². The van der Waals surface area contributed by atoms with Crippen LogP contribution in [0.25, 0.3) is 0 Å². The zero-order chi connectivity index (χ0) is 10.6. The molecule has 0 aliphatic carbocycles. The number of hydrogen-bond acceptors (Lipinski definition) is 1. The third-order valence-electron chi connectivity index (χ3n) is 0.963. The molecule has 76 valence electrons. The van der Waals surface area contributed by atoms with Gasteiger partial charge in [-0.3, -0.25) is 4.79 Å². The predicted octanol–water partition coefficient (Wildman–Crippen LogP) is 2.93. The molecule has 0 aromatic heterocycles. The van der Waals surface area contributed by atoms with Crippen molar-refractivity contribution in [1.82, 2.24) is 4.90 Å². The summed E-state index contributed by atoms with van der Waals surface area (Å²) in [4.78, 5) is 12.3. The molecule has 0 bridgehead atoms. The van der Waals surface area contributed by atoms with Crippen LogP contribution in [0.5, 0.6) is 0 Å². The first kappa shape index (κ1) is 17.5. The van der Waals surface area contributed by atoms with Crippen LogP contribution >= 0.6 is 0 Å². The van der Waals surface area contributed by atoms with Gasteiger partial charge in [-0.15, -0.1) is 0 Å². The van der Waals surface area contributed by atoms with Crippen molar-refractivity contribution in [2.75, 3.05) is 14.1 Å². The number of amides is 1. The lowest BCUT2D eigenvalue weighted by Gasteiger charge is -2.07. The molecule has 0 radical (unpaired) electrons. The quantitative estimate of drug-likeness (QED) is 0.632. The Kier molecular flexibility index (Phi) is 24.6. The Hall–Kier alpha value is -0.530. The fourth-order valence-electron chi connectivity index (χ4n) is 0.437. The highest BCUT2D eigenvalue weighted by molar-refractivity contribution is 5.75. The Bertz CT molecular complexity index is 79.9. The van der Waals surface area contributed by atoms with Gasteiger partial charge < -0.3 is 4.90 Å². The van der Waals surface area contributed by atoms with E-state index in [1.54, 1.807) is 19.0 Å². The van der Waals surface area contributed by atoms with E-state index in [0.29, 0.717) is 6.42 Å². The normalized spacial score (nSPS) is 6.92. The number of carbonyl (C=O) groups excluding carboxylic acids is 1. The SMILES string of the molecule is CC.CC.CCCC(=O)N(C)C. The van der Waals surface area contributed by atoms with Crippen LogP contribution in [-0.4, -0.2) is 24.9 Å². The molecule has 0 heterocycles. The maximum Gasteiger partial charge on any atom is 0.222 e. The van der Waals surface area contributed by atoms with E-state index in [9.17, 15) is 4.79 Å². The molecule has 0 atom stereocenters. The summed E-state index contributed by atoms with van der Waals surface area (Å²) in [6.07, 6.45) is 1.62. The molecule has 2 heteroatoms. The summed E-state index contributed by atoms with van der Waals surface area (Å²) in [7, 11) is 3.55. The summed E-state index contributed by atoms with van der Waals surface area (Å²) in [5, 5.41) is 0. The molecule has 0 unspecified atom stereocenters. The number of nitrogens with zero attached hydrogens (tertiary/aromatic N) is 1. The fourth-order valence-corrected chi connectivity index (χ4v) is 0.437. The minimum atomic E-state index is 0.215. The van der Waals surface area contributed by atoms with Crippen LogP contribution in [0, 0.1) is 0 Å². The molecule has 12 heavy (non-hydrogen) atoms. The van der Waals surface area contributed by atoms with Gasteiger partial charge in [0.2, 0.25) is 5.91 Å². The van der Waals surface area contributed by atoms with Crippen molar-refractivity contribution in [3.63, 3.8) is 0 Å². The van der Waals surface area contributed by atoms with Gasteiger partial charge in [-0.2, -0.15) is 0 Å². The molecule has 0 aromatic carbocycles. The van der Waals surface area contributed by atoms with Gasteiger partial charge in [-0.05, 0) is 6.42 Å². The maximum atomic E-state index is 10.7. The van der Waals surface area contributed by atoms with Crippen LogP contribution in [0.3, 0.4) is 0 Å². The molecule has 0 aliphatic rings. The van der Waals surface area contributed by atoms with E-state index < -0.39 is 0 Å². The Morgan fingerprint density at radius 2 is 1.42 bits per heavy atom. The van der Waals surface area contributed by atoms with Gasteiger partial charge in [0, 0.05) is 20.5 Å². The Morgan fingerprint density at radius 3 is 1.50 bits per heavy atom. The zero-order valence-corrected chi connectivity index (χ0v) is 9.77. The molecule has 0 aliphatic heterocycles. The largest absolute Gasteiger partial charge is 0.349 e. The first-order valence-corrected chi connectivity index (χ1v) is 4.88. The highest BCUT2D eigenvalue weighted by atomic mass is 16.2. The van der Waals surface area contributed by atoms with Crippen molar-refractivity contribution in [3.05, 3.63) is 0 Å². The lowest BCUT2D eigenvalue weighted by atomic mass is 10.3. The number of rotatable bonds is 2. The summed E-state index contributed by atoms with van der Waals surface area (Å²) in [6.45, 7) is 10.0. The third-order valence-corrected chi connectivity index (χ3v) is 0.963. The molecule has 0 aromatic rings. The van der Waals surface area contributed by atoms with E-state index in [1.807, 2.05) is 34.6 Å². The standard InChI is InChI=1S/C6H13NO.2C2H6/c1-4-5-6(8)7(2)3;2*1-2/h4-5H2,1-3H3;2*1-2H3. The zero-order valence-electron chi connectivity index (χ0n) is 9.77. The van der Waals surface area contributed by atoms with E-state index >= 15 is 0 Å². The summed E-state index contributed by atoms with van der Waals surface area (Å²) >= 11 is 0. The van der Waals surface area contributed by atoms with Crippen molar-refractivity contribution >= 4 is 5.91 Å². The first-order chi connectivity index (χ1) is 5.68. The van der Waals surface area contributed by atoms with Gasteiger partial charge in [0.05, 0.1) is 0 Å². The average Bonchev–Trinajstić information content (AvgIpc) is 2.12. The smallest absolute Gasteiger partial charge is 0.222 e. The maximum absolute atomic E-state index is 10.7. The van der Waals surface area contributed by atoms with E-state index in [2.05, 4.69) is 0 Å². The van der Waals surface area contributed by atoms with Crippen LogP contribution < -0.4 is 0 Å². The minimum Gasteiger partial charge on any atom is -0.349 e. The minimum absolute atomic E-state index is 0.215. The molecular weight excluding hydrogens is 150 g/mol. The second-order valence-electron chi connectivity index (χ2n) is 2.04. The van der Waals surface area contributed by atoms with E-state index in [0.717, 1.165) is 6.42 Å². The van der Waals surface area contributed by atoms with E-state index in [1.165, 1.54) is 0 Å². The number of carbonyl (C=O) groups is 1. The molecule has 0 saturated carbocycles. The van der Waals surface area contributed by atoms with Crippen LogP contribution in [0.4, 0.5) is 0 Å². The van der Waals surface area contributed by atoms with Crippen LogP contribution in [0.2, 0.25) is 0 Å². The van der Waals surface area contributed by atoms with Gasteiger partial charge >= 0.3 is 0 Å².